The zero-order valence-corrected chi connectivity index (χ0v) is 10.6. The van der Waals surface area contributed by atoms with Gasteiger partial charge in [-0.05, 0) is 31.4 Å². The maximum absolute atomic E-state index is 11.5. The highest BCUT2D eigenvalue weighted by Crippen LogP contribution is 2.19. The predicted molar refractivity (Wildman–Crippen MR) is 67.4 cm³/mol. The quantitative estimate of drug-likeness (QED) is 0.651. The molecule has 1 fully saturated rings. The summed E-state index contributed by atoms with van der Waals surface area (Å²) in [7, 11) is 0. The van der Waals surface area contributed by atoms with Gasteiger partial charge in [-0.15, -0.1) is 0 Å². The monoisotopic (exact) mass is 266 g/mol. The van der Waals surface area contributed by atoms with Crippen LogP contribution in [-0.4, -0.2) is 35.6 Å². The van der Waals surface area contributed by atoms with Gasteiger partial charge in [0, 0.05) is 19.0 Å². The van der Waals surface area contributed by atoms with Gasteiger partial charge in [0.15, 0.2) is 5.76 Å². The molecule has 104 valence electrons. The molecule has 6 nitrogen and oxygen atoms in total. The molecule has 0 bridgehead atoms. The number of amides is 2. The summed E-state index contributed by atoms with van der Waals surface area (Å²) in [6, 6.07) is 3.35. The normalized spacial score (nSPS) is 21.5. The van der Waals surface area contributed by atoms with Crippen molar-refractivity contribution >= 4 is 11.8 Å². The predicted octanol–water partition coefficient (Wildman–Crippen LogP) is 0.429. The van der Waals surface area contributed by atoms with Crippen LogP contribution in [0.25, 0.3) is 0 Å². The smallest absolute Gasteiger partial charge is 0.286 e. The van der Waals surface area contributed by atoms with Crippen molar-refractivity contribution in [3.63, 3.8) is 0 Å². The van der Waals surface area contributed by atoms with Crippen LogP contribution in [0.2, 0.25) is 0 Å². The Morgan fingerprint density at radius 1 is 1.42 bits per heavy atom. The Hall–Kier alpha value is -1.82. The van der Waals surface area contributed by atoms with Crippen molar-refractivity contribution in [2.45, 2.75) is 37.8 Å². The van der Waals surface area contributed by atoms with Crippen LogP contribution < -0.4 is 10.6 Å². The van der Waals surface area contributed by atoms with Crippen molar-refractivity contribution in [1.29, 1.82) is 0 Å². The molecule has 3 N–H and O–H groups in total. The largest absolute Gasteiger partial charge is 0.459 e. The Bertz CT molecular complexity index is 424. The van der Waals surface area contributed by atoms with E-state index in [1.54, 1.807) is 12.1 Å². The Labute approximate surface area is 111 Å². The summed E-state index contributed by atoms with van der Waals surface area (Å²) < 4.78 is 4.94. The van der Waals surface area contributed by atoms with Gasteiger partial charge in [0.2, 0.25) is 5.91 Å². The summed E-state index contributed by atoms with van der Waals surface area (Å²) in [5.74, 6) is -0.0374. The van der Waals surface area contributed by atoms with E-state index in [9.17, 15) is 9.59 Å². The fourth-order valence-corrected chi connectivity index (χ4v) is 1.95. The second kappa shape index (κ2) is 6.38. The van der Waals surface area contributed by atoms with Crippen molar-refractivity contribution in [1.82, 2.24) is 10.6 Å². The molecule has 0 spiro atoms. The Morgan fingerprint density at radius 3 is 2.84 bits per heavy atom. The Balaban J connectivity index is 1.54. The zero-order chi connectivity index (χ0) is 13.7. The minimum atomic E-state index is -0.271. The molecule has 1 aliphatic rings. The molecule has 0 aromatic carbocycles. The number of nitrogens with one attached hydrogen (secondary N) is 2. The lowest BCUT2D eigenvalue weighted by atomic mass is 9.89. The van der Waals surface area contributed by atoms with E-state index < -0.39 is 0 Å². The molecule has 1 aromatic rings. The van der Waals surface area contributed by atoms with Gasteiger partial charge < -0.3 is 20.2 Å². The van der Waals surface area contributed by atoms with E-state index in [4.69, 9.17) is 9.52 Å². The maximum atomic E-state index is 11.5. The molecule has 0 atom stereocenters. The van der Waals surface area contributed by atoms with Crippen LogP contribution >= 0.6 is 0 Å². The molecule has 1 aliphatic carbocycles. The molecule has 6 heteroatoms. The number of carbonyl (C=O) groups is 2. The lowest BCUT2D eigenvalue weighted by Crippen LogP contribution is -2.46. The zero-order valence-electron chi connectivity index (χ0n) is 10.6. The summed E-state index contributed by atoms with van der Waals surface area (Å²) in [6.45, 7) is 0.431. The van der Waals surface area contributed by atoms with Crippen LogP contribution in [0.1, 0.15) is 36.2 Å². The van der Waals surface area contributed by atoms with E-state index in [0.717, 1.165) is 0 Å². The molecular weight excluding hydrogens is 248 g/mol. The highest BCUT2D eigenvalue weighted by Gasteiger charge is 2.27. The molecule has 19 heavy (non-hydrogen) atoms. The standard InChI is InChI=1S/C13H18N2O4/c16-10-7-9(8-10)15-12(17)4-1-5-14-13(18)11-3-2-6-19-11/h2-3,6,9-10,16H,1,4-5,7-8H2,(H,14,18)(H,15,17). The summed E-state index contributed by atoms with van der Waals surface area (Å²) in [5.41, 5.74) is 0. The van der Waals surface area contributed by atoms with Crippen molar-refractivity contribution in [2.75, 3.05) is 6.54 Å². The van der Waals surface area contributed by atoms with Gasteiger partial charge in [-0.25, -0.2) is 0 Å². The van der Waals surface area contributed by atoms with E-state index in [0.29, 0.717) is 32.2 Å². The number of aliphatic hydroxyl groups excluding tert-OH is 1. The number of rotatable bonds is 6. The van der Waals surface area contributed by atoms with Gasteiger partial charge in [-0.3, -0.25) is 9.59 Å². The van der Waals surface area contributed by atoms with Crippen molar-refractivity contribution in [3.8, 4) is 0 Å². The fourth-order valence-electron chi connectivity index (χ4n) is 1.95. The second-order valence-electron chi connectivity index (χ2n) is 4.73. The second-order valence-corrected chi connectivity index (χ2v) is 4.73. The molecule has 1 heterocycles. The molecule has 1 aromatic heterocycles. The van der Waals surface area contributed by atoms with Crippen molar-refractivity contribution in [3.05, 3.63) is 24.2 Å². The van der Waals surface area contributed by atoms with Gasteiger partial charge in [0.25, 0.3) is 5.91 Å². The minimum Gasteiger partial charge on any atom is -0.459 e. The lowest BCUT2D eigenvalue weighted by molar-refractivity contribution is -0.123. The van der Waals surface area contributed by atoms with E-state index in [2.05, 4.69) is 10.6 Å². The van der Waals surface area contributed by atoms with Crippen LogP contribution in [0.4, 0.5) is 0 Å². The average Bonchev–Trinajstić information content (AvgIpc) is 2.86. The van der Waals surface area contributed by atoms with Crippen molar-refractivity contribution < 1.29 is 19.1 Å². The highest BCUT2D eigenvalue weighted by molar-refractivity contribution is 5.91. The first kappa shape index (κ1) is 13.6. The van der Waals surface area contributed by atoms with Gasteiger partial charge in [0.05, 0.1) is 12.4 Å². The SMILES string of the molecule is O=C(CCCNC(=O)c1ccco1)NC1CC(O)C1. The molecule has 0 aliphatic heterocycles. The summed E-state index contributed by atoms with van der Waals surface area (Å²) in [5, 5.41) is 14.6. The van der Waals surface area contributed by atoms with Gasteiger partial charge in [-0.2, -0.15) is 0 Å². The summed E-state index contributed by atoms with van der Waals surface area (Å²) in [4.78, 5) is 23.0. The van der Waals surface area contributed by atoms with E-state index >= 15 is 0 Å². The first-order valence-corrected chi connectivity index (χ1v) is 6.44. The van der Waals surface area contributed by atoms with Crippen LogP contribution in [0.3, 0.4) is 0 Å². The Morgan fingerprint density at radius 2 is 2.21 bits per heavy atom. The molecule has 0 radical (unpaired) electrons. The molecule has 2 rings (SSSR count). The molecular formula is C13H18N2O4. The number of aliphatic hydroxyl groups is 1. The number of furan rings is 1. The van der Waals surface area contributed by atoms with Crippen LogP contribution in [0.5, 0.6) is 0 Å². The minimum absolute atomic E-state index is 0.0378. The van der Waals surface area contributed by atoms with Crippen molar-refractivity contribution in [2.24, 2.45) is 0 Å². The van der Waals surface area contributed by atoms with Crippen LogP contribution in [0, 0.1) is 0 Å². The molecule has 0 saturated heterocycles. The number of hydrogen-bond acceptors (Lipinski definition) is 4. The summed E-state index contributed by atoms with van der Waals surface area (Å²) >= 11 is 0. The number of carbonyl (C=O) groups excluding carboxylic acids is 2. The molecule has 0 unspecified atom stereocenters. The lowest BCUT2D eigenvalue weighted by Gasteiger charge is -2.31. The maximum Gasteiger partial charge on any atom is 0.286 e. The van der Waals surface area contributed by atoms with Gasteiger partial charge in [0.1, 0.15) is 0 Å². The number of hydrogen-bond donors (Lipinski definition) is 3. The summed E-state index contributed by atoms with van der Waals surface area (Å²) in [6.07, 6.45) is 3.40. The third kappa shape index (κ3) is 4.10. The molecule has 1 saturated carbocycles. The third-order valence-electron chi connectivity index (χ3n) is 3.09. The topological polar surface area (TPSA) is 91.6 Å². The average molecular weight is 266 g/mol. The highest BCUT2D eigenvalue weighted by atomic mass is 16.3. The van der Waals surface area contributed by atoms with Gasteiger partial charge >= 0.3 is 0 Å². The Kier molecular flexibility index (Phi) is 4.57. The first-order chi connectivity index (χ1) is 9.15. The van der Waals surface area contributed by atoms with E-state index in [1.807, 2.05) is 0 Å². The van der Waals surface area contributed by atoms with Gasteiger partial charge in [-0.1, -0.05) is 0 Å². The molecule has 2 amide bonds. The van der Waals surface area contributed by atoms with E-state index in [1.165, 1.54) is 6.26 Å². The third-order valence-corrected chi connectivity index (χ3v) is 3.09. The van der Waals surface area contributed by atoms with Crippen LogP contribution in [0.15, 0.2) is 22.8 Å². The van der Waals surface area contributed by atoms with E-state index in [-0.39, 0.29) is 29.7 Å². The first-order valence-electron chi connectivity index (χ1n) is 6.44. The fraction of sp³-hybridized carbons (Fsp3) is 0.538. The van der Waals surface area contributed by atoms with Crippen LogP contribution in [-0.2, 0) is 4.79 Å².